The highest BCUT2D eigenvalue weighted by Crippen LogP contribution is 2.32. The second kappa shape index (κ2) is 5.28. The van der Waals surface area contributed by atoms with Gasteiger partial charge >= 0.3 is 5.97 Å². The van der Waals surface area contributed by atoms with E-state index in [1.165, 1.54) is 37.1 Å². The molecule has 4 nitrogen and oxygen atoms in total. The summed E-state index contributed by atoms with van der Waals surface area (Å²) in [6.45, 7) is 0.376. The van der Waals surface area contributed by atoms with E-state index in [4.69, 9.17) is 15.4 Å². The maximum atomic E-state index is 11.7. The molecule has 1 aliphatic rings. The van der Waals surface area contributed by atoms with Crippen molar-refractivity contribution >= 4 is 25.7 Å². The third-order valence-electron chi connectivity index (χ3n) is 2.81. The van der Waals surface area contributed by atoms with Crippen LogP contribution in [0.5, 0.6) is 0 Å². The molecule has 1 aromatic carbocycles. The van der Waals surface area contributed by atoms with E-state index < -0.39 is 15.0 Å². The summed E-state index contributed by atoms with van der Waals surface area (Å²) in [7, 11) is 1.39. The van der Waals surface area contributed by atoms with Gasteiger partial charge in [-0.1, -0.05) is 18.9 Å². The third kappa shape index (κ3) is 3.71. The van der Waals surface area contributed by atoms with Gasteiger partial charge in [-0.2, -0.15) is 0 Å². The van der Waals surface area contributed by atoms with Gasteiger partial charge in [-0.3, -0.25) is 0 Å². The lowest BCUT2D eigenvalue weighted by Gasteiger charge is -2.05. The molecule has 0 aromatic heterocycles. The summed E-state index contributed by atoms with van der Waals surface area (Å²) in [5.41, 5.74) is 0.201. The van der Waals surface area contributed by atoms with E-state index in [1.54, 1.807) is 0 Å². The molecule has 0 amide bonds. The number of carbonyl (C=O) groups is 1. The lowest BCUT2D eigenvalue weighted by atomic mass is 10.2. The van der Waals surface area contributed by atoms with E-state index >= 15 is 0 Å². The number of hydrogen-bond donors (Lipinski definition) is 0. The lowest BCUT2D eigenvalue weighted by Crippen LogP contribution is -2.07. The average Bonchev–Trinajstić information content (AvgIpc) is 3.12. The van der Waals surface area contributed by atoms with Crippen LogP contribution in [-0.4, -0.2) is 21.0 Å². The Hall–Kier alpha value is -1.07. The molecule has 0 bridgehead atoms. The van der Waals surface area contributed by atoms with E-state index in [1.807, 2.05) is 0 Å². The third-order valence-corrected chi connectivity index (χ3v) is 4.16. The van der Waals surface area contributed by atoms with E-state index in [0.717, 1.165) is 6.42 Å². The van der Waals surface area contributed by atoms with Crippen LogP contribution in [0.15, 0.2) is 29.2 Å². The van der Waals surface area contributed by atoms with Crippen molar-refractivity contribution < 1.29 is 17.9 Å². The van der Waals surface area contributed by atoms with Crippen LogP contribution in [0, 0.1) is 5.92 Å². The Morgan fingerprint density at radius 2 is 2.11 bits per heavy atom. The van der Waals surface area contributed by atoms with Crippen molar-refractivity contribution in [2.75, 3.05) is 6.61 Å². The molecular formula is C12H13ClO4S. The van der Waals surface area contributed by atoms with Gasteiger partial charge in [0.25, 0.3) is 9.05 Å². The zero-order chi connectivity index (χ0) is 13.2. The number of hydrogen-bond acceptors (Lipinski definition) is 4. The smallest absolute Gasteiger partial charge is 0.338 e. The van der Waals surface area contributed by atoms with E-state index in [0.29, 0.717) is 12.5 Å². The van der Waals surface area contributed by atoms with Crippen LogP contribution >= 0.6 is 10.7 Å². The van der Waals surface area contributed by atoms with Gasteiger partial charge in [0.1, 0.15) is 0 Å². The van der Waals surface area contributed by atoms with Crippen molar-refractivity contribution in [2.24, 2.45) is 5.92 Å². The predicted octanol–water partition coefficient (Wildman–Crippen LogP) is 2.57. The molecular weight excluding hydrogens is 276 g/mol. The van der Waals surface area contributed by atoms with E-state index in [2.05, 4.69) is 0 Å². The Kier molecular flexibility index (Phi) is 3.92. The van der Waals surface area contributed by atoms with Crippen molar-refractivity contribution in [1.29, 1.82) is 0 Å². The van der Waals surface area contributed by atoms with Crippen LogP contribution in [0.3, 0.4) is 0 Å². The number of benzene rings is 1. The van der Waals surface area contributed by atoms with Gasteiger partial charge in [-0.15, -0.1) is 0 Å². The first-order chi connectivity index (χ1) is 8.47. The Bertz CT molecular complexity index is 549. The summed E-state index contributed by atoms with van der Waals surface area (Å²) >= 11 is 0. The average molecular weight is 289 g/mol. The summed E-state index contributed by atoms with van der Waals surface area (Å²) in [6, 6.07) is 5.53. The Morgan fingerprint density at radius 3 is 2.72 bits per heavy atom. The van der Waals surface area contributed by atoms with Crippen LogP contribution in [0.2, 0.25) is 0 Å². The first-order valence-electron chi connectivity index (χ1n) is 5.68. The molecule has 0 radical (unpaired) electrons. The second-order valence-corrected chi connectivity index (χ2v) is 6.90. The summed E-state index contributed by atoms with van der Waals surface area (Å²) < 4.78 is 27.3. The number of halogens is 1. The summed E-state index contributed by atoms with van der Waals surface area (Å²) in [5.74, 6) is 0.171. The Labute approximate surface area is 110 Å². The molecule has 0 saturated heterocycles. The summed E-state index contributed by atoms with van der Waals surface area (Å²) in [5, 5.41) is 0. The van der Waals surface area contributed by atoms with Gasteiger partial charge in [0.15, 0.2) is 0 Å². The van der Waals surface area contributed by atoms with Gasteiger partial charge in [-0.05, 0) is 30.5 Å². The van der Waals surface area contributed by atoms with Crippen LogP contribution in [0.1, 0.15) is 29.6 Å². The molecule has 1 saturated carbocycles. The summed E-state index contributed by atoms with van der Waals surface area (Å²) in [6.07, 6.45) is 3.29. The number of esters is 1. The number of carbonyl (C=O) groups excluding carboxylic acids is 1. The fraction of sp³-hybridized carbons (Fsp3) is 0.417. The molecule has 0 aliphatic heterocycles. The molecule has 18 heavy (non-hydrogen) atoms. The fourth-order valence-electron chi connectivity index (χ4n) is 1.58. The van der Waals surface area contributed by atoms with Gasteiger partial charge in [-0.25, -0.2) is 13.2 Å². The minimum absolute atomic E-state index is 0.0965. The topological polar surface area (TPSA) is 60.4 Å². The highest BCUT2D eigenvalue weighted by atomic mass is 35.7. The van der Waals surface area contributed by atoms with E-state index in [-0.39, 0.29) is 10.5 Å². The Balaban J connectivity index is 2.00. The monoisotopic (exact) mass is 288 g/mol. The SMILES string of the molecule is O=C(OCCC1CC1)c1cccc(S(=O)(=O)Cl)c1. The maximum Gasteiger partial charge on any atom is 0.338 e. The molecule has 1 fully saturated rings. The van der Waals surface area contributed by atoms with Crippen LogP contribution in [0.25, 0.3) is 0 Å². The van der Waals surface area contributed by atoms with Crippen molar-refractivity contribution in [2.45, 2.75) is 24.2 Å². The zero-order valence-corrected chi connectivity index (χ0v) is 11.2. The fourth-order valence-corrected chi connectivity index (χ4v) is 2.38. The highest BCUT2D eigenvalue weighted by Gasteiger charge is 2.21. The molecule has 0 atom stereocenters. The van der Waals surface area contributed by atoms with Gasteiger partial charge < -0.3 is 4.74 Å². The zero-order valence-electron chi connectivity index (χ0n) is 9.63. The number of rotatable bonds is 5. The maximum absolute atomic E-state index is 11.7. The predicted molar refractivity (Wildman–Crippen MR) is 67.1 cm³/mol. The Morgan fingerprint density at radius 1 is 1.39 bits per heavy atom. The first-order valence-corrected chi connectivity index (χ1v) is 7.99. The van der Waals surface area contributed by atoms with Crippen LogP contribution < -0.4 is 0 Å². The molecule has 0 heterocycles. The van der Waals surface area contributed by atoms with Gasteiger partial charge in [0.2, 0.25) is 0 Å². The van der Waals surface area contributed by atoms with Crippen LogP contribution in [-0.2, 0) is 13.8 Å². The molecule has 0 unspecified atom stereocenters. The van der Waals surface area contributed by atoms with Gasteiger partial charge in [0.05, 0.1) is 17.1 Å². The van der Waals surface area contributed by atoms with Crippen molar-refractivity contribution in [3.8, 4) is 0 Å². The quantitative estimate of drug-likeness (QED) is 0.617. The molecule has 6 heteroatoms. The van der Waals surface area contributed by atoms with Crippen molar-refractivity contribution in [1.82, 2.24) is 0 Å². The molecule has 98 valence electrons. The minimum Gasteiger partial charge on any atom is -0.462 e. The molecule has 0 spiro atoms. The molecule has 0 N–H and O–H groups in total. The van der Waals surface area contributed by atoms with Gasteiger partial charge in [0, 0.05) is 10.7 Å². The minimum atomic E-state index is -3.82. The lowest BCUT2D eigenvalue weighted by molar-refractivity contribution is 0.0494. The standard InChI is InChI=1S/C12H13ClO4S/c13-18(15,16)11-3-1-2-10(8-11)12(14)17-7-6-9-4-5-9/h1-3,8-9H,4-7H2. The molecule has 2 rings (SSSR count). The van der Waals surface area contributed by atoms with Crippen LogP contribution in [0.4, 0.5) is 0 Å². The normalized spacial score (nSPS) is 15.4. The van der Waals surface area contributed by atoms with Crippen molar-refractivity contribution in [3.63, 3.8) is 0 Å². The molecule has 1 aromatic rings. The summed E-state index contributed by atoms with van der Waals surface area (Å²) in [4.78, 5) is 11.6. The largest absolute Gasteiger partial charge is 0.462 e. The second-order valence-electron chi connectivity index (χ2n) is 4.33. The highest BCUT2D eigenvalue weighted by molar-refractivity contribution is 8.13. The number of ether oxygens (including phenoxy) is 1. The molecule has 1 aliphatic carbocycles. The van der Waals surface area contributed by atoms with Crippen molar-refractivity contribution in [3.05, 3.63) is 29.8 Å². The first kappa shape index (κ1) is 13.4. The van der Waals surface area contributed by atoms with E-state index in [9.17, 15) is 13.2 Å².